The maximum Gasteiger partial charge on any atom is -0.00741 e. The smallest absolute Gasteiger partial charge is 0.00741 e. The summed E-state index contributed by atoms with van der Waals surface area (Å²) in [7, 11) is 0. The molecule has 1 unspecified atom stereocenters. The van der Waals surface area contributed by atoms with Crippen LogP contribution in [-0.2, 0) is 19.3 Å². The molecule has 0 saturated carbocycles. The van der Waals surface area contributed by atoms with Gasteiger partial charge in [0.25, 0.3) is 0 Å². The molecule has 2 rings (SSSR count). The molecular weight excluding hydrogens is 170 g/mol. The van der Waals surface area contributed by atoms with Crippen molar-refractivity contribution in [2.24, 2.45) is 11.7 Å². The van der Waals surface area contributed by atoms with Gasteiger partial charge in [-0.1, -0.05) is 25.1 Å². The summed E-state index contributed by atoms with van der Waals surface area (Å²) in [6.45, 7) is 3.13. The summed E-state index contributed by atoms with van der Waals surface area (Å²) < 4.78 is 0. The fourth-order valence-electron chi connectivity index (χ4n) is 2.35. The van der Waals surface area contributed by atoms with Crippen LogP contribution < -0.4 is 5.73 Å². The van der Waals surface area contributed by atoms with Crippen LogP contribution >= 0.6 is 0 Å². The van der Waals surface area contributed by atoms with E-state index in [9.17, 15) is 0 Å². The second-order valence-electron chi connectivity index (χ2n) is 4.51. The minimum atomic E-state index is 0.799. The van der Waals surface area contributed by atoms with Gasteiger partial charge in [-0.2, -0.15) is 0 Å². The lowest BCUT2D eigenvalue weighted by molar-refractivity contribution is 0.627. The van der Waals surface area contributed by atoms with Crippen molar-refractivity contribution in [3.05, 3.63) is 34.9 Å². The molecule has 1 aromatic rings. The first kappa shape index (κ1) is 9.72. The first-order chi connectivity index (χ1) is 6.79. The van der Waals surface area contributed by atoms with E-state index in [1.54, 1.807) is 11.1 Å². The average Bonchev–Trinajstić information content (AvgIpc) is 2.54. The highest BCUT2D eigenvalue weighted by molar-refractivity contribution is 5.36. The minimum Gasteiger partial charge on any atom is -0.330 e. The third-order valence-electron chi connectivity index (χ3n) is 3.08. The Morgan fingerprint density at radius 3 is 2.86 bits per heavy atom. The molecule has 0 heterocycles. The molecule has 0 aliphatic heterocycles. The summed E-state index contributed by atoms with van der Waals surface area (Å²) in [4.78, 5) is 0. The molecule has 1 aliphatic rings. The Morgan fingerprint density at radius 1 is 1.29 bits per heavy atom. The fourth-order valence-corrected chi connectivity index (χ4v) is 2.35. The maximum atomic E-state index is 5.51. The van der Waals surface area contributed by atoms with Gasteiger partial charge in [-0.05, 0) is 54.8 Å². The molecule has 1 atom stereocenters. The van der Waals surface area contributed by atoms with Crippen LogP contribution in [0, 0.1) is 5.92 Å². The van der Waals surface area contributed by atoms with Crippen LogP contribution in [0.4, 0.5) is 0 Å². The number of rotatable bonds is 3. The number of aryl methyl sites for hydroxylation is 1. The average molecular weight is 189 g/mol. The summed E-state index contributed by atoms with van der Waals surface area (Å²) >= 11 is 0. The standard InChI is InChI=1S/C13H19N/c1-10-7-12-5-4-11(3-2-6-14)9-13(12)8-10/h4-5,9-10H,2-3,6-8,14H2,1H3. The van der Waals surface area contributed by atoms with Crippen LogP contribution in [0.15, 0.2) is 18.2 Å². The van der Waals surface area contributed by atoms with Crippen molar-refractivity contribution in [1.82, 2.24) is 0 Å². The van der Waals surface area contributed by atoms with Gasteiger partial charge in [0.1, 0.15) is 0 Å². The van der Waals surface area contributed by atoms with E-state index in [0.29, 0.717) is 0 Å². The molecule has 0 bridgehead atoms. The quantitative estimate of drug-likeness (QED) is 0.776. The lowest BCUT2D eigenvalue weighted by Crippen LogP contribution is -2.00. The second kappa shape index (κ2) is 4.14. The molecule has 0 spiro atoms. The zero-order valence-electron chi connectivity index (χ0n) is 8.92. The van der Waals surface area contributed by atoms with E-state index in [-0.39, 0.29) is 0 Å². The van der Waals surface area contributed by atoms with Crippen LogP contribution in [0.3, 0.4) is 0 Å². The predicted octanol–water partition coefficient (Wildman–Crippen LogP) is 2.31. The molecule has 14 heavy (non-hydrogen) atoms. The molecule has 0 amide bonds. The van der Waals surface area contributed by atoms with Gasteiger partial charge >= 0.3 is 0 Å². The van der Waals surface area contributed by atoms with E-state index in [1.807, 2.05) is 0 Å². The van der Waals surface area contributed by atoms with E-state index in [0.717, 1.165) is 25.3 Å². The zero-order chi connectivity index (χ0) is 9.97. The van der Waals surface area contributed by atoms with E-state index in [4.69, 9.17) is 5.73 Å². The van der Waals surface area contributed by atoms with Crippen molar-refractivity contribution in [3.8, 4) is 0 Å². The fraction of sp³-hybridized carbons (Fsp3) is 0.538. The lowest BCUT2D eigenvalue weighted by atomic mass is 10.0. The maximum absolute atomic E-state index is 5.51. The van der Waals surface area contributed by atoms with Crippen LogP contribution in [0.1, 0.15) is 30.0 Å². The van der Waals surface area contributed by atoms with E-state index in [2.05, 4.69) is 25.1 Å². The monoisotopic (exact) mass is 189 g/mol. The predicted molar refractivity (Wildman–Crippen MR) is 60.4 cm³/mol. The molecule has 0 fully saturated rings. The van der Waals surface area contributed by atoms with Gasteiger partial charge in [0.15, 0.2) is 0 Å². The second-order valence-corrected chi connectivity index (χ2v) is 4.51. The molecule has 1 aromatic carbocycles. The third-order valence-corrected chi connectivity index (χ3v) is 3.08. The first-order valence-corrected chi connectivity index (χ1v) is 5.60. The van der Waals surface area contributed by atoms with Crippen LogP contribution in [0.5, 0.6) is 0 Å². The van der Waals surface area contributed by atoms with Crippen molar-refractivity contribution in [3.63, 3.8) is 0 Å². The number of benzene rings is 1. The number of hydrogen-bond donors (Lipinski definition) is 1. The molecule has 0 radical (unpaired) electrons. The van der Waals surface area contributed by atoms with E-state index >= 15 is 0 Å². The van der Waals surface area contributed by atoms with Crippen LogP contribution in [0.2, 0.25) is 0 Å². The first-order valence-electron chi connectivity index (χ1n) is 5.60. The molecule has 1 heteroatoms. The van der Waals surface area contributed by atoms with Crippen molar-refractivity contribution in [2.75, 3.05) is 6.54 Å². The molecule has 0 saturated heterocycles. The summed E-state index contributed by atoms with van der Waals surface area (Å²) in [5, 5.41) is 0. The lowest BCUT2D eigenvalue weighted by Gasteiger charge is -2.03. The Morgan fingerprint density at radius 2 is 2.07 bits per heavy atom. The van der Waals surface area contributed by atoms with Crippen LogP contribution in [0.25, 0.3) is 0 Å². The summed E-state index contributed by atoms with van der Waals surface area (Å²) in [5.41, 5.74) is 10.1. The molecule has 1 aliphatic carbocycles. The van der Waals surface area contributed by atoms with Crippen LogP contribution in [-0.4, -0.2) is 6.54 Å². The third kappa shape index (κ3) is 1.98. The Labute approximate surface area is 86.3 Å². The van der Waals surface area contributed by atoms with E-state index in [1.165, 1.54) is 18.4 Å². The SMILES string of the molecule is CC1Cc2ccc(CCCN)cc2C1. The molecular formula is C13H19N. The summed E-state index contributed by atoms with van der Waals surface area (Å²) in [6, 6.07) is 6.96. The molecule has 0 aromatic heterocycles. The molecule has 2 N–H and O–H groups in total. The number of hydrogen-bond acceptors (Lipinski definition) is 1. The highest BCUT2D eigenvalue weighted by atomic mass is 14.5. The largest absolute Gasteiger partial charge is 0.330 e. The van der Waals surface area contributed by atoms with Gasteiger partial charge in [0, 0.05) is 0 Å². The molecule has 1 nitrogen and oxygen atoms in total. The highest BCUT2D eigenvalue weighted by Gasteiger charge is 2.17. The van der Waals surface area contributed by atoms with E-state index < -0.39 is 0 Å². The summed E-state index contributed by atoms with van der Waals surface area (Å²) in [5.74, 6) is 0.842. The van der Waals surface area contributed by atoms with Crippen molar-refractivity contribution < 1.29 is 0 Å². The Kier molecular flexibility index (Phi) is 2.87. The normalized spacial score (nSPS) is 19.7. The minimum absolute atomic E-state index is 0.799. The Bertz CT molecular complexity index is 317. The molecule has 76 valence electrons. The van der Waals surface area contributed by atoms with Gasteiger partial charge in [-0.15, -0.1) is 0 Å². The highest BCUT2D eigenvalue weighted by Crippen LogP contribution is 2.27. The Balaban J connectivity index is 2.12. The van der Waals surface area contributed by atoms with Crippen molar-refractivity contribution in [1.29, 1.82) is 0 Å². The van der Waals surface area contributed by atoms with Gasteiger partial charge < -0.3 is 5.73 Å². The topological polar surface area (TPSA) is 26.0 Å². The zero-order valence-corrected chi connectivity index (χ0v) is 8.92. The van der Waals surface area contributed by atoms with Gasteiger partial charge in [0.2, 0.25) is 0 Å². The number of fused-ring (bicyclic) bond motifs is 1. The van der Waals surface area contributed by atoms with Gasteiger partial charge in [0.05, 0.1) is 0 Å². The van der Waals surface area contributed by atoms with Gasteiger partial charge in [-0.3, -0.25) is 0 Å². The summed E-state index contributed by atoms with van der Waals surface area (Å²) in [6.07, 6.45) is 4.78. The number of nitrogens with two attached hydrogens (primary N) is 1. The van der Waals surface area contributed by atoms with Crippen molar-refractivity contribution >= 4 is 0 Å². The van der Waals surface area contributed by atoms with Gasteiger partial charge in [-0.25, -0.2) is 0 Å². The Hall–Kier alpha value is -0.820. The van der Waals surface area contributed by atoms with Crippen molar-refractivity contribution in [2.45, 2.75) is 32.6 Å².